The molecule has 0 bridgehead atoms. The molecule has 1 heterocycles. The number of hydrogen-bond acceptors (Lipinski definition) is 3. The third-order valence-electron chi connectivity index (χ3n) is 2.30. The first-order valence-corrected chi connectivity index (χ1v) is 7.09. The summed E-state index contributed by atoms with van der Waals surface area (Å²) < 4.78 is 1.05. The lowest BCUT2D eigenvalue weighted by Crippen LogP contribution is -2.10. The van der Waals surface area contributed by atoms with Crippen LogP contribution in [-0.2, 0) is 6.42 Å². The van der Waals surface area contributed by atoms with Crippen LogP contribution in [0.3, 0.4) is 0 Å². The second kappa shape index (κ2) is 5.25. The summed E-state index contributed by atoms with van der Waals surface area (Å²) in [4.78, 5) is 6.27. The fourth-order valence-corrected chi connectivity index (χ4v) is 3.25. The van der Waals surface area contributed by atoms with E-state index in [9.17, 15) is 0 Å². The minimum atomic E-state index is 0.484. The van der Waals surface area contributed by atoms with E-state index in [0.29, 0.717) is 11.4 Å². The topological polar surface area (TPSA) is 38.9 Å². The summed E-state index contributed by atoms with van der Waals surface area (Å²) in [5.41, 5.74) is 7.66. The molecule has 0 aliphatic rings. The first-order chi connectivity index (χ1) is 8.08. The predicted octanol–water partition coefficient (Wildman–Crippen LogP) is 3.71. The number of benzene rings is 1. The van der Waals surface area contributed by atoms with Gasteiger partial charge in [0.1, 0.15) is 5.01 Å². The lowest BCUT2D eigenvalue weighted by atomic mass is 10.1. The van der Waals surface area contributed by atoms with E-state index in [1.165, 1.54) is 4.88 Å². The zero-order valence-electron chi connectivity index (χ0n) is 9.24. The molecule has 0 amide bonds. The van der Waals surface area contributed by atoms with Gasteiger partial charge in [-0.3, -0.25) is 0 Å². The van der Waals surface area contributed by atoms with E-state index in [4.69, 9.17) is 18.0 Å². The lowest BCUT2D eigenvalue weighted by Gasteiger charge is -2.01. The summed E-state index contributed by atoms with van der Waals surface area (Å²) in [5, 5.41) is 0.973. The molecular formula is C12H11BrN2S2. The zero-order chi connectivity index (χ0) is 12.4. The normalized spacial score (nSPS) is 10.5. The number of nitrogens with zero attached hydrogens (tertiary/aromatic N) is 1. The van der Waals surface area contributed by atoms with Crippen LogP contribution in [0, 0.1) is 6.92 Å². The summed E-state index contributed by atoms with van der Waals surface area (Å²) in [6, 6.07) is 8.06. The molecule has 88 valence electrons. The standard InChI is InChI=1S/C12H11BrN2S2/c1-7-12(8-4-2-3-5-9(8)13)15-11(17-7)6-10(14)16/h2-5H,6H2,1H3,(H2,14,16). The van der Waals surface area contributed by atoms with Crippen molar-refractivity contribution in [2.75, 3.05) is 0 Å². The van der Waals surface area contributed by atoms with Crippen molar-refractivity contribution in [2.45, 2.75) is 13.3 Å². The molecule has 2 aromatic rings. The molecule has 0 radical (unpaired) electrons. The molecule has 5 heteroatoms. The molecule has 0 spiro atoms. The smallest absolute Gasteiger partial charge is 0.100 e. The fraction of sp³-hybridized carbons (Fsp3) is 0.167. The number of hydrogen-bond donors (Lipinski definition) is 1. The average Bonchev–Trinajstić information content (AvgIpc) is 2.59. The lowest BCUT2D eigenvalue weighted by molar-refractivity contribution is 1.22. The van der Waals surface area contributed by atoms with Gasteiger partial charge < -0.3 is 5.73 Å². The van der Waals surface area contributed by atoms with Gasteiger partial charge in [0.25, 0.3) is 0 Å². The van der Waals surface area contributed by atoms with E-state index >= 15 is 0 Å². The van der Waals surface area contributed by atoms with Crippen LogP contribution in [0.5, 0.6) is 0 Å². The van der Waals surface area contributed by atoms with Crippen LogP contribution in [0.2, 0.25) is 0 Å². The second-order valence-corrected chi connectivity index (χ2v) is 6.30. The Hall–Kier alpha value is -0.780. The molecule has 17 heavy (non-hydrogen) atoms. The number of aryl methyl sites for hydroxylation is 1. The second-order valence-electron chi connectivity index (χ2n) is 3.64. The van der Waals surface area contributed by atoms with Crippen molar-refractivity contribution >= 4 is 44.5 Å². The number of thiazole rings is 1. The monoisotopic (exact) mass is 326 g/mol. The van der Waals surface area contributed by atoms with Crippen molar-refractivity contribution < 1.29 is 0 Å². The van der Waals surface area contributed by atoms with Gasteiger partial charge in [-0.1, -0.05) is 46.3 Å². The van der Waals surface area contributed by atoms with E-state index in [1.807, 2.05) is 18.2 Å². The van der Waals surface area contributed by atoms with E-state index in [-0.39, 0.29) is 0 Å². The minimum absolute atomic E-state index is 0.484. The molecule has 0 atom stereocenters. The van der Waals surface area contributed by atoms with Gasteiger partial charge in [0.2, 0.25) is 0 Å². The highest BCUT2D eigenvalue weighted by Crippen LogP contribution is 2.32. The Labute approximate surface area is 118 Å². The maximum atomic E-state index is 5.54. The summed E-state index contributed by atoms with van der Waals surface area (Å²) in [5.74, 6) is 0. The van der Waals surface area contributed by atoms with Crippen LogP contribution in [0.4, 0.5) is 0 Å². The molecule has 0 aliphatic carbocycles. The number of nitrogens with two attached hydrogens (primary N) is 1. The summed E-state index contributed by atoms with van der Waals surface area (Å²) >= 11 is 10.1. The van der Waals surface area contributed by atoms with E-state index in [1.54, 1.807) is 11.3 Å². The Bertz CT molecular complexity index is 563. The Morgan fingerprint density at radius 2 is 2.18 bits per heavy atom. The fourth-order valence-electron chi connectivity index (χ4n) is 1.58. The van der Waals surface area contributed by atoms with E-state index < -0.39 is 0 Å². The molecule has 0 fully saturated rings. The largest absolute Gasteiger partial charge is 0.393 e. The molecule has 2 nitrogen and oxygen atoms in total. The van der Waals surface area contributed by atoms with Crippen LogP contribution in [-0.4, -0.2) is 9.97 Å². The Morgan fingerprint density at radius 3 is 2.82 bits per heavy atom. The number of aromatic nitrogens is 1. The Balaban J connectivity index is 2.43. The maximum Gasteiger partial charge on any atom is 0.100 e. The highest BCUT2D eigenvalue weighted by Gasteiger charge is 2.12. The maximum absolute atomic E-state index is 5.54. The van der Waals surface area contributed by atoms with Gasteiger partial charge in [-0.05, 0) is 13.0 Å². The molecular weight excluding hydrogens is 316 g/mol. The minimum Gasteiger partial charge on any atom is -0.393 e. The summed E-state index contributed by atoms with van der Waals surface area (Å²) in [6.07, 6.45) is 0.575. The Morgan fingerprint density at radius 1 is 1.47 bits per heavy atom. The van der Waals surface area contributed by atoms with Crippen molar-refractivity contribution in [1.29, 1.82) is 0 Å². The molecule has 0 saturated heterocycles. The van der Waals surface area contributed by atoms with E-state index in [0.717, 1.165) is 20.7 Å². The van der Waals surface area contributed by atoms with Crippen LogP contribution < -0.4 is 5.73 Å². The SMILES string of the molecule is Cc1sc(CC(N)=S)nc1-c1ccccc1Br. The molecule has 1 aromatic heterocycles. The first-order valence-electron chi connectivity index (χ1n) is 5.07. The molecule has 0 saturated carbocycles. The predicted molar refractivity (Wildman–Crippen MR) is 80.5 cm³/mol. The van der Waals surface area contributed by atoms with Crippen LogP contribution in [0.1, 0.15) is 9.88 Å². The first kappa shape index (κ1) is 12.7. The van der Waals surface area contributed by atoms with Crippen molar-refractivity contribution in [2.24, 2.45) is 5.73 Å². The highest BCUT2D eigenvalue weighted by molar-refractivity contribution is 9.10. The van der Waals surface area contributed by atoms with Gasteiger partial charge in [-0.2, -0.15) is 0 Å². The quantitative estimate of drug-likeness (QED) is 0.874. The van der Waals surface area contributed by atoms with E-state index in [2.05, 4.69) is 33.9 Å². The van der Waals surface area contributed by atoms with Crippen LogP contribution in [0.25, 0.3) is 11.3 Å². The summed E-state index contributed by atoms with van der Waals surface area (Å²) in [6.45, 7) is 2.06. The highest BCUT2D eigenvalue weighted by atomic mass is 79.9. The van der Waals surface area contributed by atoms with Crippen molar-refractivity contribution in [3.8, 4) is 11.3 Å². The van der Waals surface area contributed by atoms with Gasteiger partial charge in [0, 0.05) is 21.3 Å². The van der Waals surface area contributed by atoms with Crippen LogP contribution >= 0.6 is 39.5 Å². The molecule has 0 unspecified atom stereocenters. The molecule has 0 aliphatic heterocycles. The molecule has 1 aromatic carbocycles. The van der Waals surface area contributed by atoms with Crippen molar-refractivity contribution in [3.05, 3.63) is 38.6 Å². The van der Waals surface area contributed by atoms with Gasteiger partial charge >= 0.3 is 0 Å². The van der Waals surface area contributed by atoms with Gasteiger partial charge in [0.15, 0.2) is 0 Å². The van der Waals surface area contributed by atoms with Crippen molar-refractivity contribution in [1.82, 2.24) is 4.98 Å². The van der Waals surface area contributed by atoms with Gasteiger partial charge in [0.05, 0.1) is 10.7 Å². The van der Waals surface area contributed by atoms with Gasteiger partial charge in [-0.25, -0.2) is 4.98 Å². The Kier molecular flexibility index (Phi) is 3.91. The number of thiocarbonyl (C=S) groups is 1. The molecule has 2 rings (SSSR count). The molecule has 2 N–H and O–H groups in total. The zero-order valence-corrected chi connectivity index (χ0v) is 12.5. The number of rotatable bonds is 3. The average molecular weight is 327 g/mol. The van der Waals surface area contributed by atoms with Gasteiger partial charge in [-0.15, -0.1) is 11.3 Å². The number of halogens is 1. The van der Waals surface area contributed by atoms with Crippen LogP contribution in [0.15, 0.2) is 28.7 Å². The third-order valence-corrected chi connectivity index (χ3v) is 4.10. The summed E-state index contributed by atoms with van der Waals surface area (Å²) in [7, 11) is 0. The third kappa shape index (κ3) is 2.91. The van der Waals surface area contributed by atoms with Crippen molar-refractivity contribution in [3.63, 3.8) is 0 Å².